The maximum absolute atomic E-state index is 12.7. The van der Waals surface area contributed by atoms with E-state index in [-0.39, 0.29) is 17.4 Å². The van der Waals surface area contributed by atoms with Gasteiger partial charge in [-0.3, -0.25) is 9.59 Å². The third kappa shape index (κ3) is 5.40. The molecule has 0 saturated heterocycles. The highest BCUT2D eigenvalue weighted by molar-refractivity contribution is 8.27. The summed E-state index contributed by atoms with van der Waals surface area (Å²) in [7, 11) is 0. The molecule has 132 valence electrons. The van der Waals surface area contributed by atoms with Crippen LogP contribution in [0.3, 0.4) is 0 Å². The lowest BCUT2D eigenvalue weighted by molar-refractivity contribution is -0.143. The topological polar surface area (TPSA) is 81.7 Å². The molecule has 1 aliphatic rings. The molecule has 0 radical (unpaired) electrons. The van der Waals surface area contributed by atoms with Crippen LogP contribution in [0.25, 0.3) is 0 Å². The summed E-state index contributed by atoms with van der Waals surface area (Å²) in [6.07, 6.45) is -0.353. The van der Waals surface area contributed by atoms with Crippen molar-refractivity contribution in [3.8, 4) is 5.75 Å². The number of hydrogen-bond donors (Lipinski definition) is 1. The standard InChI is InChI=1S/C17H17NO5S2/c1-10(2)22-16(21)14(17-24-8-9-25-17)15(20)18-12-6-4-5-7-13(12)23-11(3)19/h4-10H,1-3H3,(H,18,20). The van der Waals surface area contributed by atoms with Crippen LogP contribution in [-0.4, -0.2) is 23.9 Å². The minimum absolute atomic E-state index is 0.0775. The smallest absolute Gasteiger partial charge is 0.345 e. The number of benzene rings is 1. The van der Waals surface area contributed by atoms with Crippen LogP contribution in [0.5, 0.6) is 5.75 Å². The minimum Gasteiger partial charge on any atom is -0.459 e. The zero-order valence-electron chi connectivity index (χ0n) is 13.9. The first kappa shape index (κ1) is 19.1. The molecule has 1 heterocycles. The molecule has 1 aromatic carbocycles. The van der Waals surface area contributed by atoms with Crippen molar-refractivity contribution in [2.45, 2.75) is 26.9 Å². The number of carbonyl (C=O) groups is 3. The summed E-state index contributed by atoms with van der Waals surface area (Å²) in [5.74, 6) is -1.62. The Labute approximate surface area is 154 Å². The Morgan fingerprint density at radius 1 is 1.08 bits per heavy atom. The van der Waals surface area contributed by atoms with Gasteiger partial charge in [-0.15, -0.1) is 0 Å². The van der Waals surface area contributed by atoms with Crippen molar-refractivity contribution in [1.29, 1.82) is 0 Å². The maximum Gasteiger partial charge on any atom is 0.345 e. The molecular formula is C17H17NO5S2. The third-order valence-electron chi connectivity index (χ3n) is 2.77. The average Bonchev–Trinajstić information content (AvgIpc) is 3.02. The van der Waals surface area contributed by atoms with Gasteiger partial charge in [-0.1, -0.05) is 35.7 Å². The van der Waals surface area contributed by atoms with Crippen molar-refractivity contribution in [2.75, 3.05) is 5.32 Å². The SMILES string of the molecule is CC(=O)Oc1ccccc1NC(=O)C(C(=O)OC(C)C)=C1SC=CS1. The van der Waals surface area contributed by atoms with E-state index in [1.165, 1.54) is 30.4 Å². The molecule has 0 aromatic heterocycles. The molecule has 0 aliphatic carbocycles. The van der Waals surface area contributed by atoms with Crippen LogP contribution >= 0.6 is 23.5 Å². The van der Waals surface area contributed by atoms with Crippen LogP contribution in [-0.2, 0) is 19.1 Å². The van der Waals surface area contributed by atoms with Gasteiger partial charge in [-0.05, 0) is 36.8 Å². The van der Waals surface area contributed by atoms with Gasteiger partial charge in [0.2, 0.25) is 0 Å². The molecule has 1 aliphatic heterocycles. The number of hydrogen-bond acceptors (Lipinski definition) is 7. The highest BCUT2D eigenvalue weighted by Crippen LogP contribution is 2.40. The van der Waals surface area contributed by atoms with Crippen LogP contribution in [0.1, 0.15) is 20.8 Å². The largest absolute Gasteiger partial charge is 0.459 e. The summed E-state index contributed by atoms with van der Waals surface area (Å²) in [5, 5.41) is 6.18. The second-order valence-electron chi connectivity index (χ2n) is 5.17. The lowest BCUT2D eigenvalue weighted by Crippen LogP contribution is -2.25. The molecule has 1 N–H and O–H groups in total. The Balaban J connectivity index is 2.28. The second-order valence-corrected chi connectivity index (χ2v) is 7.26. The number of nitrogens with one attached hydrogen (secondary N) is 1. The molecular weight excluding hydrogens is 362 g/mol. The number of para-hydroxylation sites is 2. The molecule has 0 atom stereocenters. The maximum atomic E-state index is 12.7. The Hall–Kier alpha value is -2.19. The summed E-state index contributed by atoms with van der Waals surface area (Å²) < 4.78 is 10.8. The van der Waals surface area contributed by atoms with Gasteiger partial charge in [-0.2, -0.15) is 0 Å². The van der Waals surface area contributed by atoms with E-state index in [2.05, 4.69) is 5.32 Å². The van der Waals surface area contributed by atoms with Gasteiger partial charge in [0.25, 0.3) is 5.91 Å². The van der Waals surface area contributed by atoms with E-state index in [9.17, 15) is 14.4 Å². The molecule has 1 aromatic rings. The summed E-state index contributed by atoms with van der Waals surface area (Å²) in [6.45, 7) is 4.69. The number of esters is 2. The minimum atomic E-state index is -0.698. The Morgan fingerprint density at radius 2 is 1.72 bits per heavy atom. The van der Waals surface area contributed by atoms with Crippen LogP contribution in [0, 0.1) is 0 Å². The zero-order chi connectivity index (χ0) is 18.4. The van der Waals surface area contributed by atoms with Gasteiger partial charge < -0.3 is 14.8 Å². The summed E-state index contributed by atoms with van der Waals surface area (Å²) in [6, 6.07) is 6.49. The lowest BCUT2D eigenvalue weighted by atomic mass is 10.2. The molecule has 6 nitrogen and oxygen atoms in total. The quantitative estimate of drug-likeness (QED) is 0.275. The van der Waals surface area contributed by atoms with E-state index in [0.717, 1.165) is 0 Å². The summed E-state index contributed by atoms with van der Waals surface area (Å²) in [4.78, 5) is 36.2. The van der Waals surface area contributed by atoms with E-state index in [1.807, 2.05) is 0 Å². The van der Waals surface area contributed by atoms with Gasteiger partial charge in [-0.25, -0.2) is 4.79 Å². The number of thioether (sulfide) groups is 2. The van der Waals surface area contributed by atoms with Crippen LogP contribution < -0.4 is 10.1 Å². The molecule has 0 bridgehead atoms. The lowest BCUT2D eigenvalue weighted by Gasteiger charge is -2.14. The van der Waals surface area contributed by atoms with Crippen molar-refractivity contribution in [3.05, 3.63) is 44.9 Å². The summed E-state index contributed by atoms with van der Waals surface area (Å²) in [5.41, 5.74) is 0.213. The van der Waals surface area contributed by atoms with E-state index in [0.29, 0.717) is 9.92 Å². The fourth-order valence-corrected chi connectivity index (χ4v) is 3.70. The van der Waals surface area contributed by atoms with Crippen LogP contribution in [0.15, 0.2) is 44.9 Å². The first-order chi connectivity index (χ1) is 11.9. The molecule has 25 heavy (non-hydrogen) atoms. The van der Waals surface area contributed by atoms with Crippen molar-refractivity contribution in [3.63, 3.8) is 0 Å². The highest BCUT2D eigenvalue weighted by atomic mass is 32.2. The second kappa shape index (κ2) is 8.77. The van der Waals surface area contributed by atoms with Gasteiger partial charge >= 0.3 is 11.9 Å². The number of rotatable bonds is 5. The van der Waals surface area contributed by atoms with Crippen LogP contribution in [0.4, 0.5) is 5.69 Å². The van der Waals surface area contributed by atoms with E-state index in [1.54, 1.807) is 48.9 Å². The zero-order valence-corrected chi connectivity index (χ0v) is 15.5. The first-order valence-electron chi connectivity index (χ1n) is 7.41. The predicted molar refractivity (Wildman–Crippen MR) is 99.0 cm³/mol. The van der Waals surface area contributed by atoms with E-state index >= 15 is 0 Å². The summed E-state index contributed by atoms with van der Waals surface area (Å²) >= 11 is 2.55. The number of amides is 1. The van der Waals surface area contributed by atoms with Gasteiger partial charge in [0, 0.05) is 6.92 Å². The highest BCUT2D eigenvalue weighted by Gasteiger charge is 2.28. The van der Waals surface area contributed by atoms with E-state index < -0.39 is 17.8 Å². The Kier molecular flexibility index (Phi) is 6.72. The van der Waals surface area contributed by atoms with Crippen molar-refractivity contribution in [2.24, 2.45) is 0 Å². The van der Waals surface area contributed by atoms with E-state index in [4.69, 9.17) is 9.47 Å². The van der Waals surface area contributed by atoms with Crippen molar-refractivity contribution in [1.82, 2.24) is 0 Å². The number of carbonyl (C=O) groups excluding carboxylic acids is 3. The molecule has 0 unspecified atom stereocenters. The van der Waals surface area contributed by atoms with Gasteiger partial charge in [0.05, 0.1) is 16.0 Å². The Morgan fingerprint density at radius 3 is 2.32 bits per heavy atom. The number of anilines is 1. The molecule has 8 heteroatoms. The number of ether oxygens (including phenoxy) is 2. The monoisotopic (exact) mass is 379 g/mol. The Bertz CT molecular complexity index is 745. The van der Waals surface area contributed by atoms with Crippen LogP contribution in [0.2, 0.25) is 0 Å². The normalized spacial score (nSPS) is 12.9. The molecule has 0 saturated carbocycles. The average molecular weight is 379 g/mol. The molecule has 1 amide bonds. The van der Waals surface area contributed by atoms with Gasteiger partial charge in [0.1, 0.15) is 5.57 Å². The fourth-order valence-electron chi connectivity index (χ4n) is 1.87. The third-order valence-corrected chi connectivity index (χ3v) is 4.90. The first-order valence-corrected chi connectivity index (χ1v) is 9.16. The molecule has 0 spiro atoms. The van der Waals surface area contributed by atoms with Crippen molar-refractivity contribution >= 4 is 47.1 Å². The molecule has 2 rings (SSSR count). The molecule has 0 fully saturated rings. The fraction of sp³-hybridized carbons (Fsp3) is 0.235. The van der Waals surface area contributed by atoms with Gasteiger partial charge in [0.15, 0.2) is 5.75 Å². The predicted octanol–water partition coefficient (Wildman–Crippen LogP) is 3.66. The van der Waals surface area contributed by atoms with Crippen molar-refractivity contribution < 1.29 is 23.9 Å².